The van der Waals surface area contributed by atoms with Crippen molar-refractivity contribution in [3.05, 3.63) is 52.7 Å². The molecule has 0 aliphatic heterocycles. The summed E-state index contributed by atoms with van der Waals surface area (Å²) >= 11 is 0. The number of hydrogen-bond donors (Lipinski definition) is 1. The lowest BCUT2D eigenvalue weighted by Crippen LogP contribution is -2.03. The Hall–Kier alpha value is -2.27. The van der Waals surface area contributed by atoms with E-state index in [1.54, 1.807) is 31.2 Å². The fraction of sp³-hybridized carbons (Fsp3) is 0.0769. The van der Waals surface area contributed by atoms with E-state index >= 15 is 0 Å². The van der Waals surface area contributed by atoms with Crippen LogP contribution in [0.15, 0.2) is 41.6 Å². The Balaban J connectivity index is 2.64. The molecule has 0 fully saturated rings. The molecule has 2 rings (SSSR count). The number of rotatable bonds is 3. The molecule has 0 heterocycles. The van der Waals surface area contributed by atoms with Crippen molar-refractivity contribution in [2.75, 3.05) is 0 Å². The molecule has 0 amide bonds. The van der Waals surface area contributed by atoms with Crippen LogP contribution in [0.2, 0.25) is 0 Å². The highest BCUT2D eigenvalue weighted by molar-refractivity contribution is 5.72. The first-order valence-electron chi connectivity index (χ1n) is 5.27. The normalized spacial score (nSPS) is 10.2. The Bertz CT molecular complexity index is 600. The van der Waals surface area contributed by atoms with E-state index in [2.05, 4.69) is 10.0 Å². The van der Waals surface area contributed by atoms with Crippen molar-refractivity contribution in [1.82, 2.24) is 0 Å². The zero-order valence-electron chi connectivity index (χ0n) is 9.68. The van der Waals surface area contributed by atoms with E-state index in [9.17, 15) is 9.30 Å². The van der Waals surface area contributed by atoms with Crippen LogP contribution in [0.1, 0.15) is 5.56 Å². The topological polar surface area (TPSA) is 64.7 Å². The van der Waals surface area contributed by atoms with Crippen molar-refractivity contribution in [2.24, 2.45) is 11.1 Å². The summed E-state index contributed by atoms with van der Waals surface area (Å²) in [5.41, 5.74) is 1.62. The van der Waals surface area contributed by atoms with Gasteiger partial charge in [0.1, 0.15) is 5.82 Å². The van der Waals surface area contributed by atoms with Crippen LogP contribution in [0.4, 0.5) is 10.1 Å². The van der Waals surface area contributed by atoms with E-state index in [4.69, 9.17) is 5.90 Å². The molecule has 18 heavy (non-hydrogen) atoms. The van der Waals surface area contributed by atoms with E-state index in [0.717, 1.165) is 0 Å². The molecule has 2 aromatic rings. The average Bonchev–Trinajstić information content (AvgIpc) is 2.38. The second-order valence-electron chi connectivity index (χ2n) is 3.83. The largest absolute Gasteiger partial charge is 0.409 e. The number of nitrogens with two attached hydrogens (primary N) is 1. The third-order valence-corrected chi connectivity index (χ3v) is 2.66. The Morgan fingerprint density at radius 1 is 1.28 bits per heavy atom. The summed E-state index contributed by atoms with van der Waals surface area (Å²) in [7, 11) is 0. The molecule has 0 saturated carbocycles. The quantitative estimate of drug-likeness (QED) is 0.666. The Morgan fingerprint density at radius 2 is 2.00 bits per heavy atom. The Morgan fingerprint density at radius 3 is 2.61 bits per heavy atom. The van der Waals surface area contributed by atoms with Gasteiger partial charge in [0.2, 0.25) is 0 Å². The first kappa shape index (κ1) is 12.2. The summed E-state index contributed by atoms with van der Waals surface area (Å²) < 4.78 is 13.7. The second-order valence-corrected chi connectivity index (χ2v) is 3.83. The molecule has 2 N–H and O–H groups in total. The van der Waals surface area contributed by atoms with E-state index in [1.807, 2.05) is 0 Å². The summed E-state index contributed by atoms with van der Waals surface area (Å²) in [4.78, 5) is 15.3. The fourth-order valence-corrected chi connectivity index (χ4v) is 1.83. The van der Waals surface area contributed by atoms with Gasteiger partial charge in [0.25, 0.3) is 0 Å². The summed E-state index contributed by atoms with van der Waals surface area (Å²) in [5, 5.41) is 2.84. The highest BCUT2D eigenvalue weighted by Crippen LogP contribution is 2.36. The van der Waals surface area contributed by atoms with Crippen LogP contribution in [0.25, 0.3) is 11.1 Å². The van der Waals surface area contributed by atoms with E-state index in [1.165, 1.54) is 12.1 Å². The number of nitrogens with zero attached hydrogens (tertiary/aromatic N) is 1. The minimum Gasteiger partial charge on any atom is -0.409 e. The van der Waals surface area contributed by atoms with Gasteiger partial charge in [-0.15, -0.1) is 4.91 Å². The first-order chi connectivity index (χ1) is 8.67. The monoisotopic (exact) mass is 246 g/mol. The second kappa shape index (κ2) is 4.93. The molecule has 0 atom stereocenters. The summed E-state index contributed by atoms with van der Waals surface area (Å²) in [6.45, 7) is 1.71. The average molecular weight is 246 g/mol. The molecule has 4 nitrogen and oxygen atoms in total. The van der Waals surface area contributed by atoms with Gasteiger partial charge in [0.15, 0.2) is 11.4 Å². The molecular formula is C13H11FN2O2. The molecular weight excluding hydrogens is 235 g/mol. The van der Waals surface area contributed by atoms with Gasteiger partial charge in [-0.05, 0) is 41.4 Å². The maximum Gasteiger partial charge on any atom is 0.178 e. The van der Waals surface area contributed by atoms with E-state index < -0.39 is 0 Å². The molecule has 0 spiro atoms. The van der Waals surface area contributed by atoms with Gasteiger partial charge in [-0.2, -0.15) is 5.90 Å². The van der Waals surface area contributed by atoms with Crippen LogP contribution < -0.4 is 10.7 Å². The van der Waals surface area contributed by atoms with Crippen molar-refractivity contribution in [3.63, 3.8) is 0 Å². The minimum absolute atomic E-state index is 0.0516. The predicted octanol–water partition coefficient (Wildman–Crippen LogP) is 3.45. The Kier molecular flexibility index (Phi) is 3.34. The predicted molar refractivity (Wildman–Crippen MR) is 66.8 cm³/mol. The lowest BCUT2D eigenvalue weighted by molar-refractivity contribution is 0.333. The van der Waals surface area contributed by atoms with Crippen LogP contribution in [0.3, 0.4) is 0 Å². The standard InChI is InChI=1S/C13H11FN2O2/c1-8-6-9(7-12(16-17)13(8)18-15)10-4-2-3-5-11(10)14/h2-7H,15H2,1H3. The summed E-state index contributed by atoms with van der Waals surface area (Å²) in [5.74, 6) is 4.91. The maximum absolute atomic E-state index is 13.7. The lowest BCUT2D eigenvalue weighted by Gasteiger charge is -2.09. The van der Waals surface area contributed by atoms with Crippen LogP contribution >= 0.6 is 0 Å². The zero-order chi connectivity index (χ0) is 13.1. The van der Waals surface area contributed by atoms with Gasteiger partial charge in [-0.1, -0.05) is 18.2 Å². The van der Waals surface area contributed by atoms with Crippen LogP contribution in [0, 0.1) is 17.6 Å². The molecule has 0 bridgehead atoms. The fourth-order valence-electron chi connectivity index (χ4n) is 1.83. The SMILES string of the molecule is Cc1cc(-c2ccccc2F)cc(N=O)c1ON. The molecule has 0 aromatic heterocycles. The van der Waals surface area contributed by atoms with Crippen LogP contribution in [0.5, 0.6) is 5.75 Å². The summed E-state index contributed by atoms with van der Waals surface area (Å²) in [6.07, 6.45) is 0. The maximum atomic E-state index is 13.7. The smallest absolute Gasteiger partial charge is 0.178 e. The lowest BCUT2D eigenvalue weighted by atomic mass is 10.0. The molecule has 0 unspecified atom stereocenters. The van der Waals surface area contributed by atoms with Gasteiger partial charge < -0.3 is 4.84 Å². The zero-order valence-corrected chi connectivity index (χ0v) is 9.68. The molecule has 2 aromatic carbocycles. The molecule has 0 radical (unpaired) electrons. The van der Waals surface area contributed by atoms with Crippen molar-refractivity contribution < 1.29 is 9.23 Å². The number of halogens is 1. The van der Waals surface area contributed by atoms with Crippen molar-refractivity contribution in [3.8, 4) is 16.9 Å². The first-order valence-corrected chi connectivity index (χ1v) is 5.27. The van der Waals surface area contributed by atoms with E-state index in [0.29, 0.717) is 16.7 Å². The highest BCUT2D eigenvalue weighted by Gasteiger charge is 2.13. The summed E-state index contributed by atoms with van der Waals surface area (Å²) in [6, 6.07) is 9.43. The number of aryl methyl sites for hydroxylation is 1. The van der Waals surface area contributed by atoms with Crippen molar-refractivity contribution >= 4 is 5.69 Å². The number of benzene rings is 2. The van der Waals surface area contributed by atoms with E-state index in [-0.39, 0.29) is 17.3 Å². The Labute approximate surface area is 103 Å². The van der Waals surface area contributed by atoms with Crippen molar-refractivity contribution in [1.29, 1.82) is 0 Å². The number of hydrogen-bond acceptors (Lipinski definition) is 4. The molecule has 0 saturated heterocycles. The minimum atomic E-state index is -0.366. The van der Waals surface area contributed by atoms with Gasteiger partial charge in [0, 0.05) is 5.56 Å². The van der Waals surface area contributed by atoms with Crippen molar-refractivity contribution in [2.45, 2.75) is 6.92 Å². The van der Waals surface area contributed by atoms with Gasteiger partial charge >= 0.3 is 0 Å². The van der Waals surface area contributed by atoms with Gasteiger partial charge in [-0.25, -0.2) is 4.39 Å². The molecule has 0 aliphatic rings. The molecule has 92 valence electrons. The number of nitroso groups, excluding NO2 is 1. The van der Waals surface area contributed by atoms with Crippen LogP contribution in [-0.2, 0) is 0 Å². The molecule has 0 aliphatic carbocycles. The third-order valence-electron chi connectivity index (χ3n) is 2.66. The van der Waals surface area contributed by atoms with Gasteiger partial charge in [0.05, 0.1) is 0 Å². The third kappa shape index (κ3) is 2.08. The van der Waals surface area contributed by atoms with Crippen LogP contribution in [-0.4, -0.2) is 0 Å². The highest BCUT2D eigenvalue weighted by atomic mass is 19.1. The molecule has 5 heteroatoms. The van der Waals surface area contributed by atoms with Gasteiger partial charge in [-0.3, -0.25) is 0 Å².